The lowest BCUT2D eigenvalue weighted by atomic mass is 10.2. The Morgan fingerprint density at radius 1 is 1.31 bits per heavy atom. The molecule has 0 aliphatic rings. The van der Waals surface area contributed by atoms with Crippen molar-refractivity contribution in [1.82, 2.24) is 0 Å². The van der Waals surface area contributed by atoms with E-state index in [0.29, 0.717) is 12.2 Å². The van der Waals surface area contributed by atoms with Crippen molar-refractivity contribution >= 4 is 11.8 Å². The van der Waals surface area contributed by atoms with Gasteiger partial charge in [0.05, 0.1) is 6.61 Å². The molecule has 0 spiro atoms. The van der Waals surface area contributed by atoms with Crippen molar-refractivity contribution in [2.45, 2.75) is 20.8 Å². The summed E-state index contributed by atoms with van der Waals surface area (Å²) < 4.78 is 4.74. The summed E-state index contributed by atoms with van der Waals surface area (Å²) in [7, 11) is 0. The van der Waals surface area contributed by atoms with Crippen LogP contribution in [0.25, 0.3) is 0 Å². The van der Waals surface area contributed by atoms with Crippen LogP contribution in [0.5, 0.6) is 0 Å². The summed E-state index contributed by atoms with van der Waals surface area (Å²) >= 11 is 0. The number of hydrogen-bond acceptors (Lipinski definition) is 3. The predicted octanol–water partition coefficient (Wildman–Crippen LogP) is 1.64. The third kappa shape index (κ3) is 5.84. The average Bonchev–Trinajstić information content (AvgIpc) is 2.04. The Bertz CT molecular complexity index is 249. The molecule has 0 saturated heterocycles. The molecule has 0 N–H and O–H groups in total. The highest BCUT2D eigenvalue weighted by molar-refractivity contribution is 5.90. The van der Waals surface area contributed by atoms with Crippen LogP contribution in [0.1, 0.15) is 20.8 Å². The fraction of sp³-hybridized carbons (Fsp3) is 0.400. The van der Waals surface area contributed by atoms with E-state index in [1.54, 1.807) is 19.9 Å². The van der Waals surface area contributed by atoms with E-state index in [0.717, 1.165) is 0 Å². The van der Waals surface area contributed by atoms with Gasteiger partial charge in [0.1, 0.15) is 0 Å². The number of rotatable bonds is 4. The standard InChI is InChI=1S/C10H14O3/c1-4-13-10(12)8(2)6-5-7-9(3)11/h5-7H,4H2,1-3H3. The summed E-state index contributed by atoms with van der Waals surface area (Å²) in [6.45, 7) is 5.20. The van der Waals surface area contributed by atoms with E-state index in [-0.39, 0.29) is 11.8 Å². The first-order valence-electron chi connectivity index (χ1n) is 4.10. The molecule has 0 bridgehead atoms. The van der Waals surface area contributed by atoms with E-state index in [1.165, 1.54) is 19.1 Å². The van der Waals surface area contributed by atoms with Crippen molar-refractivity contribution < 1.29 is 14.3 Å². The van der Waals surface area contributed by atoms with Gasteiger partial charge in [0.2, 0.25) is 0 Å². The average molecular weight is 182 g/mol. The Hall–Kier alpha value is -1.38. The van der Waals surface area contributed by atoms with E-state index >= 15 is 0 Å². The van der Waals surface area contributed by atoms with Crippen molar-refractivity contribution in [3.05, 3.63) is 23.8 Å². The lowest BCUT2D eigenvalue weighted by Crippen LogP contribution is -2.04. The Morgan fingerprint density at radius 2 is 1.92 bits per heavy atom. The molecule has 0 fully saturated rings. The molecular formula is C10H14O3. The highest BCUT2D eigenvalue weighted by atomic mass is 16.5. The number of carbonyl (C=O) groups excluding carboxylic acids is 2. The fourth-order valence-corrected chi connectivity index (χ4v) is 0.641. The number of ether oxygens (including phenoxy) is 1. The summed E-state index contributed by atoms with van der Waals surface area (Å²) in [4.78, 5) is 21.5. The topological polar surface area (TPSA) is 43.4 Å². The number of hydrogen-bond donors (Lipinski definition) is 0. The van der Waals surface area contributed by atoms with Crippen molar-refractivity contribution in [3.8, 4) is 0 Å². The SMILES string of the molecule is CCOC(=O)C(C)=CC=CC(C)=O. The van der Waals surface area contributed by atoms with Gasteiger partial charge in [-0.15, -0.1) is 0 Å². The van der Waals surface area contributed by atoms with Crippen LogP contribution >= 0.6 is 0 Å². The minimum absolute atomic E-state index is 0.0482. The molecule has 72 valence electrons. The quantitative estimate of drug-likeness (QED) is 0.377. The van der Waals surface area contributed by atoms with Gasteiger partial charge in [-0.05, 0) is 26.8 Å². The molecule has 13 heavy (non-hydrogen) atoms. The summed E-state index contributed by atoms with van der Waals surface area (Å²) in [6.07, 6.45) is 4.48. The number of allylic oxidation sites excluding steroid dienone is 3. The maximum Gasteiger partial charge on any atom is 0.333 e. The van der Waals surface area contributed by atoms with E-state index in [1.807, 2.05) is 0 Å². The normalized spacial score (nSPS) is 11.8. The highest BCUT2D eigenvalue weighted by Crippen LogP contribution is 1.96. The second kappa shape index (κ2) is 6.17. The van der Waals surface area contributed by atoms with E-state index in [2.05, 4.69) is 0 Å². The van der Waals surface area contributed by atoms with Crippen LogP contribution in [0.3, 0.4) is 0 Å². The van der Waals surface area contributed by atoms with Crippen LogP contribution in [-0.2, 0) is 14.3 Å². The van der Waals surface area contributed by atoms with Crippen LogP contribution in [0.15, 0.2) is 23.8 Å². The van der Waals surface area contributed by atoms with Crippen LogP contribution in [0.4, 0.5) is 0 Å². The first-order valence-corrected chi connectivity index (χ1v) is 4.10. The molecule has 3 heteroatoms. The molecule has 0 aromatic heterocycles. The van der Waals surface area contributed by atoms with Gasteiger partial charge in [0.25, 0.3) is 0 Å². The minimum Gasteiger partial charge on any atom is -0.463 e. The third-order valence-corrected chi connectivity index (χ3v) is 1.27. The number of carbonyl (C=O) groups is 2. The van der Waals surface area contributed by atoms with Crippen LogP contribution in [-0.4, -0.2) is 18.4 Å². The smallest absolute Gasteiger partial charge is 0.333 e. The van der Waals surface area contributed by atoms with Gasteiger partial charge in [-0.2, -0.15) is 0 Å². The third-order valence-electron chi connectivity index (χ3n) is 1.27. The Labute approximate surface area is 78.1 Å². The Balaban J connectivity index is 4.16. The van der Waals surface area contributed by atoms with Crippen molar-refractivity contribution in [2.24, 2.45) is 0 Å². The van der Waals surface area contributed by atoms with Crippen LogP contribution in [0, 0.1) is 0 Å². The molecule has 0 unspecified atom stereocenters. The first-order chi connectivity index (χ1) is 6.07. The zero-order chi connectivity index (χ0) is 10.3. The fourth-order valence-electron chi connectivity index (χ4n) is 0.641. The Kier molecular flexibility index (Phi) is 5.52. The summed E-state index contributed by atoms with van der Waals surface area (Å²) in [5.74, 6) is -0.399. The van der Waals surface area contributed by atoms with Crippen molar-refractivity contribution in [1.29, 1.82) is 0 Å². The van der Waals surface area contributed by atoms with Crippen LogP contribution < -0.4 is 0 Å². The molecule has 0 aromatic rings. The summed E-state index contributed by atoms with van der Waals surface area (Å²) in [6, 6.07) is 0. The van der Waals surface area contributed by atoms with E-state index < -0.39 is 0 Å². The molecule has 0 heterocycles. The maximum absolute atomic E-state index is 11.0. The molecule has 0 aromatic carbocycles. The number of esters is 1. The van der Waals surface area contributed by atoms with E-state index in [4.69, 9.17) is 4.74 Å². The minimum atomic E-state index is -0.351. The lowest BCUT2D eigenvalue weighted by molar-refractivity contribution is -0.138. The van der Waals surface area contributed by atoms with Crippen LogP contribution in [0.2, 0.25) is 0 Å². The lowest BCUT2D eigenvalue weighted by Gasteiger charge is -1.98. The molecule has 0 amide bonds. The van der Waals surface area contributed by atoms with E-state index in [9.17, 15) is 9.59 Å². The number of ketones is 1. The summed E-state index contributed by atoms with van der Waals surface area (Å²) in [5.41, 5.74) is 0.486. The molecule has 0 aliphatic heterocycles. The van der Waals surface area contributed by atoms with Crippen molar-refractivity contribution in [3.63, 3.8) is 0 Å². The van der Waals surface area contributed by atoms with Gasteiger partial charge >= 0.3 is 5.97 Å². The van der Waals surface area contributed by atoms with Gasteiger partial charge in [-0.25, -0.2) is 4.79 Å². The zero-order valence-corrected chi connectivity index (χ0v) is 8.16. The molecular weight excluding hydrogens is 168 g/mol. The first kappa shape index (κ1) is 11.6. The molecule has 0 rings (SSSR count). The predicted molar refractivity (Wildman–Crippen MR) is 50.2 cm³/mol. The molecule has 0 atom stereocenters. The highest BCUT2D eigenvalue weighted by Gasteiger charge is 2.01. The second-order valence-corrected chi connectivity index (χ2v) is 2.54. The zero-order valence-electron chi connectivity index (χ0n) is 8.16. The molecule has 3 nitrogen and oxygen atoms in total. The van der Waals surface area contributed by atoms with Gasteiger partial charge in [0.15, 0.2) is 5.78 Å². The Morgan fingerprint density at radius 3 is 2.38 bits per heavy atom. The monoisotopic (exact) mass is 182 g/mol. The molecule has 0 aliphatic carbocycles. The van der Waals surface area contributed by atoms with Gasteiger partial charge in [0, 0.05) is 5.57 Å². The van der Waals surface area contributed by atoms with Gasteiger partial charge in [-0.1, -0.05) is 12.2 Å². The molecule has 0 saturated carbocycles. The van der Waals surface area contributed by atoms with Crippen molar-refractivity contribution in [2.75, 3.05) is 6.61 Å². The second-order valence-electron chi connectivity index (χ2n) is 2.54. The van der Waals surface area contributed by atoms with Gasteiger partial charge in [-0.3, -0.25) is 4.79 Å². The van der Waals surface area contributed by atoms with Gasteiger partial charge < -0.3 is 4.74 Å². The summed E-state index contributed by atoms with van der Waals surface area (Å²) in [5, 5.41) is 0. The largest absolute Gasteiger partial charge is 0.463 e. The molecule has 0 radical (unpaired) electrons. The maximum atomic E-state index is 11.0.